The van der Waals surface area contributed by atoms with Crippen molar-refractivity contribution in [2.75, 3.05) is 13.2 Å². The van der Waals surface area contributed by atoms with Gasteiger partial charge in [0.2, 0.25) is 0 Å². The first kappa shape index (κ1) is 25.4. The monoisotopic (exact) mass is 554 g/mol. The lowest BCUT2D eigenvalue weighted by atomic mass is 9.94. The van der Waals surface area contributed by atoms with Crippen molar-refractivity contribution in [1.82, 2.24) is 19.4 Å². The summed E-state index contributed by atoms with van der Waals surface area (Å²) in [6.45, 7) is 6.18. The second-order valence-corrected chi connectivity index (χ2v) is 9.46. The van der Waals surface area contributed by atoms with Crippen LogP contribution in [0.25, 0.3) is 5.76 Å². The summed E-state index contributed by atoms with van der Waals surface area (Å²) in [6, 6.07) is 6.52. The number of halogens is 1. The minimum Gasteiger partial charge on any atom is -0.507 e. The Morgan fingerprint density at radius 3 is 2.69 bits per heavy atom. The molecule has 2 aromatic heterocycles. The van der Waals surface area contributed by atoms with E-state index in [1.165, 1.54) is 4.90 Å². The van der Waals surface area contributed by atoms with E-state index in [1.807, 2.05) is 35.0 Å². The van der Waals surface area contributed by atoms with Crippen molar-refractivity contribution >= 4 is 39.3 Å². The Hall–Kier alpha value is -3.66. The molecular weight excluding hydrogens is 528 g/mol. The van der Waals surface area contributed by atoms with Gasteiger partial charge >= 0.3 is 5.97 Å². The topological polar surface area (TPSA) is 118 Å². The zero-order valence-electron chi connectivity index (χ0n) is 20.2. The fraction of sp³-hybridized carbons (Fsp3) is 0.308. The van der Waals surface area contributed by atoms with Gasteiger partial charge in [-0.3, -0.25) is 9.59 Å². The van der Waals surface area contributed by atoms with Crippen molar-refractivity contribution in [2.45, 2.75) is 39.8 Å². The van der Waals surface area contributed by atoms with Gasteiger partial charge in [0.05, 0.1) is 24.5 Å². The number of hydrogen-bond donors (Lipinski definition) is 2. The van der Waals surface area contributed by atoms with Crippen LogP contribution >= 0.6 is 15.9 Å². The number of ketones is 1. The van der Waals surface area contributed by atoms with E-state index in [1.54, 1.807) is 33.3 Å². The average molecular weight is 555 g/mol. The number of aromatic amines is 1. The molecule has 0 aliphatic carbocycles. The molecule has 2 N–H and O–H groups in total. The predicted octanol–water partition coefficient (Wildman–Crippen LogP) is 4.28. The molecule has 0 saturated carbocycles. The van der Waals surface area contributed by atoms with Gasteiger partial charge in [0.25, 0.3) is 11.7 Å². The fourth-order valence-corrected chi connectivity index (χ4v) is 5.04. The highest BCUT2D eigenvalue weighted by Gasteiger charge is 2.46. The number of likely N-dealkylation sites (tertiary alicyclic amines) is 1. The van der Waals surface area contributed by atoms with Gasteiger partial charge in [-0.1, -0.05) is 28.1 Å². The third-order valence-electron chi connectivity index (χ3n) is 6.23. The molecule has 1 aromatic carbocycles. The second-order valence-electron chi connectivity index (χ2n) is 8.55. The number of aryl methyl sites for hydroxylation is 2. The fourth-order valence-electron chi connectivity index (χ4n) is 4.62. The number of nitrogens with zero attached hydrogens (tertiary/aromatic N) is 3. The third kappa shape index (κ3) is 4.73. The molecule has 1 aliphatic rings. The van der Waals surface area contributed by atoms with Gasteiger partial charge in [0, 0.05) is 41.2 Å². The van der Waals surface area contributed by atoms with Crippen molar-refractivity contribution in [3.63, 3.8) is 0 Å². The van der Waals surface area contributed by atoms with E-state index in [-0.39, 0.29) is 23.6 Å². The summed E-state index contributed by atoms with van der Waals surface area (Å²) in [5, 5.41) is 11.5. The molecule has 1 fully saturated rings. The number of ether oxygens (including phenoxy) is 1. The van der Waals surface area contributed by atoms with Gasteiger partial charge in [-0.15, -0.1) is 0 Å². The van der Waals surface area contributed by atoms with Gasteiger partial charge in [0.1, 0.15) is 11.5 Å². The molecule has 3 heterocycles. The number of esters is 1. The predicted molar refractivity (Wildman–Crippen MR) is 136 cm³/mol. The van der Waals surface area contributed by atoms with Crippen molar-refractivity contribution in [2.24, 2.45) is 0 Å². The van der Waals surface area contributed by atoms with Gasteiger partial charge in [-0.2, -0.15) is 0 Å². The molecule has 1 atom stereocenters. The van der Waals surface area contributed by atoms with Gasteiger partial charge in [0.15, 0.2) is 0 Å². The highest BCUT2D eigenvalue weighted by atomic mass is 79.9. The molecule has 3 aromatic rings. The first-order valence-corrected chi connectivity index (χ1v) is 12.4. The Morgan fingerprint density at radius 2 is 2.03 bits per heavy atom. The number of benzene rings is 1. The van der Waals surface area contributed by atoms with Crippen LogP contribution in [-0.2, 0) is 20.9 Å². The van der Waals surface area contributed by atoms with Crippen molar-refractivity contribution < 1.29 is 24.2 Å². The van der Waals surface area contributed by atoms with Gasteiger partial charge in [-0.25, -0.2) is 9.78 Å². The molecule has 0 spiro atoms. The number of carbonyl (C=O) groups is 3. The molecule has 0 bridgehead atoms. The number of aliphatic hydroxyl groups is 1. The molecule has 10 heteroatoms. The van der Waals surface area contributed by atoms with E-state index in [2.05, 4.69) is 25.9 Å². The van der Waals surface area contributed by atoms with Crippen LogP contribution in [0.1, 0.15) is 52.3 Å². The minimum atomic E-state index is -0.787. The van der Waals surface area contributed by atoms with Crippen LogP contribution in [0.15, 0.2) is 53.0 Å². The third-order valence-corrected chi connectivity index (χ3v) is 6.73. The maximum Gasteiger partial charge on any atom is 0.355 e. The van der Waals surface area contributed by atoms with Crippen LogP contribution in [-0.4, -0.2) is 55.4 Å². The molecule has 1 amide bonds. The lowest BCUT2D eigenvalue weighted by Crippen LogP contribution is -2.31. The number of H-pyrrole nitrogens is 1. The largest absolute Gasteiger partial charge is 0.507 e. The first-order chi connectivity index (χ1) is 17.2. The summed E-state index contributed by atoms with van der Waals surface area (Å²) < 4.78 is 7.78. The summed E-state index contributed by atoms with van der Waals surface area (Å²) in [4.78, 5) is 47.4. The van der Waals surface area contributed by atoms with E-state index in [0.717, 1.165) is 4.47 Å². The molecule has 1 saturated heterocycles. The van der Waals surface area contributed by atoms with E-state index in [9.17, 15) is 19.5 Å². The number of hydrogen-bond acceptors (Lipinski definition) is 6. The highest BCUT2D eigenvalue weighted by Crippen LogP contribution is 2.41. The van der Waals surface area contributed by atoms with E-state index >= 15 is 0 Å². The van der Waals surface area contributed by atoms with Crippen molar-refractivity contribution in [3.05, 3.63) is 81.1 Å². The Balaban J connectivity index is 1.79. The van der Waals surface area contributed by atoms with Crippen LogP contribution in [0.2, 0.25) is 0 Å². The smallest absolute Gasteiger partial charge is 0.355 e. The average Bonchev–Trinajstić information content (AvgIpc) is 3.52. The number of carbonyl (C=O) groups excluding carboxylic acids is 3. The maximum atomic E-state index is 13.3. The molecule has 188 valence electrons. The van der Waals surface area contributed by atoms with Crippen LogP contribution in [0.5, 0.6) is 0 Å². The number of nitrogens with one attached hydrogen (secondary N) is 1. The minimum absolute atomic E-state index is 0.0126. The lowest BCUT2D eigenvalue weighted by molar-refractivity contribution is -0.139. The number of rotatable bonds is 8. The maximum absolute atomic E-state index is 13.3. The summed E-state index contributed by atoms with van der Waals surface area (Å²) in [7, 11) is 0. The van der Waals surface area contributed by atoms with Gasteiger partial charge in [-0.05, 0) is 50.5 Å². The van der Waals surface area contributed by atoms with E-state index in [0.29, 0.717) is 41.9 Å². The quantitative estimate of drug-likeness (QED) is 0.186. The molecule has 1 aliphatic heterocycles. The number of Topliss-reactive ketones (excluding diaryl/α,β-unsaturated/α-hetero) is 1. The van der Waals surface area contributed by atoms with Crippen LogP contribution in [0.4, 0.5) is 0 Å². The number of aromatic nitrogens is 3. The Morgan fingerprint density at radius 1 is 1.25 bits per heavy atom. The summed E-state index contributed by atoms with van der Waals surface area (Å²) in [6.07, 6.45) is 5.79. The highest BCUT2D eigenvalue weighted by molar-refractivity contribution is 9.10. The second kappa shape index (κ2) is 10.5. The summed E-state index contributed by atoms with van der Waals surface area (Å²) in [5.74, 6) is -2.32. The zero-order chi connectivity index (χ0) is 26.0. The van der Waals surface area contributed by atoms with Crippen molar-refractivity contribution in [3.8, 4) is 0 Å². The van der Waals surface area contributed by atoms with Gasteiger partial charge < -0.3 is 24.3 Å². The van der Waals surface area contributed by atoms with Crippen LogP contribution < -0.4 is 0 Å². The molecule has 36 heavy (non-hydrogen) atoms. The van der Waals surface area contributed by atoms with Crippen LogP contribution in [0.3, 0.4) is 0 Å². The zero-order valence-corrected chi connectivity index (χ0v) is 21.8. The Labute approximate surface area is 216 Å². The summed E-state index contributed by atoms with van der Waals surface area (Å²) >= 11 is 3.46. The Kier molecular flexibility index (Phi) is 7.44. The van der Waals surface area contributed by atoms with E-state index in [4.69, 9.17) is 4.74 Å². The lowest BCUT2D eigenvalue weighted by Gasteiger charge is -2.25. The number of aliphatic hydroxyl groups excluding tert-OH is 1. The molecule has 0 unspecified atom stereocenters. The standard InChI is InChI=1S/C26H27BrN4O5/c1-4-36-26(35)21-15(2)19(16(3)29-21)23(32)20-22(17-7-5-8-18(27)13-17)31(25(34)24(20)33)11-6-10-30-12-9-28-14-30/h5,7-9,12-14,22,29,32H,4,6,10-11H2,1-3H3/b23-20+/t22-/m0/s1. The Bertz CT molecular complexity index is 1340. The first-order valence-electron chi connectivity index (χ1n) is 11.6. The number of imidazole rings is 1. The van der Waals surface area contributed by atoms with Crippen molar-refractivity contribution in [1.29, 1.82) is 0 Å². The number of amides is 1. The molecule has 9 nitrogen and oxygen atoms in total. The SMILES string of the molecule is CCOC(=O)c1[nH]c(C)c(/C(O)=C2\C(=O)C(=O)N(CCCn3ccnc3)[C@H]2c2cccc(Br)c2)c1C. The van der Waals surface area contributed by atoms with Crippen LogP contribution in [0, 0.1) is 13.8 Å². The summed E-state index contributed by atoms with van der Waals surface area (Å²) in [5.41, 5.74) is 2.12. The van der Waals surface area contributed by atoms with E-state index < -0.39 is 23.7 Å². The molecule has 0 radical (unpaired) electrons. The molecule has 4 rings (SSSR count). The normalized spacial score (nSPS) is 17.1. The molecular formula is C26H27BrN4O5.